The molecule has 148 valence electrons. The number of nitrogens with one attached hydrogen (secondary N) is 1. The molecular formula is C21H25ClN4O2. The van der Waals surface area contributed by atoms with Gasteiger partial charge < -0.3 is 15.6 Å². The number of hydrogen-bond acceptors (Lipinski definition) is 5. The van der Waals surface area contributed by atoms with E-state index in [1.54, 1.807) is 0 Å². The fourth-order valence-electron chi connectivity index (χ4n) is 3.89. The summed E-state index contributed by atoms with van der Waals surface area (Å²) in [6.45, 7) is 5.91. The molecule has 28 heavy (non-hydrogen) atoms. The van der Waals surface area contributed by atoms with Gasteiger partial charge in [0.15, 0.2) is 0 Å². The summed E-state index contributed by atoms with van der Waals surface area (Å²) in [4.78, 5) is 17.6. The van der Waals surface area contributed by atoms with Gasteiger partial charge in [-0.1, -0.05) is 25.1 Å². The average molecular weight is 401 g/mol. The lowest BCUT2D eigenvalue weighted by molar-refractivity contribution is 0.0934. The molecule has 0 spiro atoms. The SMILES string of the molecule is Cc1cc(C(=O)NC2CCCc3cc(N)ccc32)c2c(C(C)C)noc2n1.Cl. The van der Waals surface area contributed by atoms with Gasteiger partial charge in [0.05, 0.1) is 22.7 Å². The number of nitrogens with two attached hydrogens (primary N) is 1. The second-order valence-electron chi connectivity index (χ2n) is 7.59. The number of nitrogens with zero attached hydrogens (tertiary/aromatic N) is 2. The summed E-state index contributed by atoms with van der Waals surface area (Å²) in [6.07, 6.45) is 2.93. The molecule has 0 aliphatic heterocycles. The van der Waals surface area contributed by atoms with Crippen molar-refractivity contribution >= 4 is 35.1 Å². The quantitative estimate of drug-likeness (QED) is 0.632. The van der Waals surface area contributed by atoms with Crippen LogP contribution < -0.4 is 11.1 Å². The van der Waals surface area contributed by atoms with Crippen molar-refractivity contribution in [3.8, 4) is 0 Å². The lowest BCUT2D eigenvalue weighted by Gasteiger charge is -2.27. The summed E-state index contributed by atoms with van der Waals surface area (Å²) in [5.74, 6) is 0.0194. The fourth-order valence-corrected chi connectivity index (χ4v) is 3.89. The third-order valence-corrected chi connectivity index (χ3v) is 5.18. The van der Waals surface area contributed by atoms with Crippen molar-refractivity contribution in [1.29, 1.82) is 0 Å². The number of rotatable bonds is 3. The largest absolute Gasteiger partial charge is 0.399 e. The smallest absolute Gasteiger partial charge is 0.259 e. The number of anilines is 1. The lowest BCUT2D eigenvalue weighted by atomic mass is 9.87. The molecule has 3 N–H and O–H groups in total. The first-order valence-electron chi connectivity index (χ1n) is 9.40. The number of carbonyl (C=O) groups excluding carboxylic acids is 1. The van der Waals surface area contributed by atoms with Crippen LogP contribution in [-0.2, 0) is 6.42 Å². The van der Waals surface area contributed by atoms with Gasteiger partial charge in [0.2, 0.25) is 0 Å². The third kappa shape index (κ3) is 3.56. The van der Waals surface area contributed by atoms with E-state index in [2.05, 4.69) is 15.5 Å². The van der Waals surface area contributed by atoms with Gasteiger partial charge in [0.1, 0.15) is 0 Å². The number of benzene rings is 1. The number of fused-ring (bicyclic) bond motifs is 2. The zero-order valence-electron chi connectivity index (χ0n) is 16.3. The van der Waals surface area contributed by atoms with Crippen LogP contribution >= 0.6 is 12.4 Å². The van der Waals surface area contributed by atoms with Crippen LogP contribution in [0.5, 0.6) is 0 Å². The number of carbonyl (C=O) groups is 1. The second kappa shape index (κ2) is 7.80. The van der Waals surface area contributed by atoms with E-state index >= 15 is 0 Å². The van der Waals surface area contributed by atoms with Crippen molar-refractivity contribution in [2.75, 3.05) is 5.73 Å². The maximum Gasteiger partial charge on any atom is 0.259 e. The van der Waals surface area contributed by atoms with Crippen molar-refractivity contribution < 1.29 is 9.32 Å². The van der Waals surface area contributed by atoms with Crippen LogP contribution in [0.25, 0.3) is 11.1 Å². The van der Waals surface area contributed by atoms with Gasteiger partial charge >= 0.3 is 0 Å². The van der Waals surface area contributed by atoms with Gasteiger partial charge in [-0.2, -0.15) is 0 Å². The maximum atomic E-state index is 13.2. The van der Waals surface area contributed by atoms with Gasteiger partial charge in [-0.3, -0.25) is 4.79 Å². The maximum absolute atomic E-state index is 13.2. The Morgan fingerprint density at radius 1 is 1.32 bits per heavy atom. The van der Waals surface area contributed by atoms with E-state index in [0.717, 1.165) is 41.9 Å². The van der Waals surface area contributed by atoms with E-state index < -0.39 is 0 Å². The molecule has 0 saturated heterocycles. The Hall–Kier alpha value is -2.60. The number of halogens is 1. The Kier molecular flexibility index (Phi) is 5.61. The standard InChI is InChI=1S/C21H24N4O2.ClH/c1-11(2)19-18-16(9-12(3)23-21(18)27-25-19)20(26)24-17-6-4-5-13-10-14(22)7-8-15(13)17;/h7-11,17H,4-6,22H2,1-3H3,(H,24,26);1H. The molecule has 1 aromatic carbocycles. The van der Waals surface area contributed by atoms with Crippen LogP contribution in [0.4, 0.5) is 5.69 Å². The first kappa shape index (κ1) is 20.1. The monoisotopic (exact) mass is 400 g/mol. The number of amides is 1. The van der Waals surface area contributed by atoms with E-state index in [9.17, 15) is 4.79 Å². The highest BCUT2D eigenvalue weighted by Gasteiger charge is 2.26. The van der Waals surface area contributed by atoms with Crippen LogP contribution in [0.3, 0.4) is 0 Å². The minimum absolute atomic E-state index is 0. The normalized spacial score (nSPS) is 15.9. The Morgan fingerprint density at radius 2 is 2.11 bits per heavy atom. The first-order valence-corrected chi connectivity index (χ1v) is 9.40. The van der Waals surface area contributed by atoms with Crippen molar-refractivity contribution in [3.63, 3.8) is 0 Å². The predicted octanol–water partition coefficient (Wildman–Crippen LogP) is 4.47. The van der Waals surface area contributed by atoms with Crippen LogP contribution in [0.1, 0.15) is 71.5 Å². The Balaban J connectivity index is 0.00000225. The van der Waals surface area contributed by atoms with Crippen LogP contribution in [0, 0.1) is 6.92 Å². The topological polar surface area (TPSA) is 94.0 Å². The number of hydrogen-bond donors (Lipinski definition) is 2. The minimum Gasteiger partial charge on any atom is -0.399 e. The predicted molar refractivity (Wildman–Crippen MR) is 112 cm³/mol. The summed E-state index contributed by atoms with van der Waals surface area (Å²) >= 11 is 0. The molecule has 7 heteroatoms. The van der Waals surface area contributed by atoms with E-state index in [0.29, 0.717) is 16.7 Å². The van der Waals surface area contributed by atoms with Gasteiger partial charge in [0, 0.05) is 11.4 Å². The van der Waals surface area contributed by atoms with E-state index in [1.165, 1.54) is 5.56 Å². The van der Waals surface area contributed by atoms with E-state index in [4.69, 9.17) is 10.3 Å². The van der Waals surface area contributed by atoms with Crippen molar-refractivity contribution in [1.82, 2.24) is 15.5 Å². The Bertz CT molecular complexity index is 1030. The summed E-state index contributed by atoms with van der Waals surface area (Å²) in [5.41, 5.74) is 11.5. The average Bonchev–Trinajstić information content (AvgIpc) is 3.04. The molecule has 1 atom stereocenters. The van der Waals surface area contributed by atoms with Gasteiger partial charge in [-0.15, -0.1) is 12.4 Å². The molecule has 2 aromatic heterocycles. The van der Waals surface area contributed by atoms with E-state index in [-0.39, 0.29) is 30.3 Å². The second-order valence-corrected chi connectivity index (χ2v) is 7.59. The molecule has 0 saturated carbocycles. The van der Waals surface area contributed by atoms with Crippen molar-refractivity contribution in [2.24, 2.45) is 0 Å². The number of aromatic nitrogens is 2. The minimum atomic E-state index is -0.120. The number of nitrogen functional groups attached to an aromatic ring is 1. The molecule has 3 aromatic rings. The molecule has 1 aliphatic rings. The number of aryl methyl sites for hydroxylation is 2. The molecular weight excluding hydrogens is 376 g/mol. The van der Waals surface area contributed by atoms with Crippen LogP contribution in [-0.4, -0.2) is 16.0 Å². The highest BCUT2D eigenvalue weighted by molar-refractivity contribution is 6.06. The highest BCUT2D eigenvalue weighted by atomic mass is 35.5. The lowest BCUT2D eigenvalue weighted by Crippen LogP contribution is -2.31. The molecule has 1 amide bonds. The van der Waals surface area contributed by atoms with Crippen molar-refractivity contribution in [2.45, 2.75) is 52.0 Å². The Morgan fingerprint density at radius 3 is 2.86 bits per heavy atom. The first-order chi connectivity index (χ1) is 12.9. The van der Waals surface area contributed by atoms with Gasteiger partial charge in [-0.05, 0) is 61.4 Å². The molecule has 2 heterocycles. The van der Waals surface area contributed by atoms with Crippen LogP contribution in [0.2, 0.25) is 0 Å². The summed E-state index contributed by atoms with van der Waals surface area (Å²) in [7, 11) is 0. The van der Waals surface area contributed by atoms with Crippen molar-refractivity contribution in [3.05, 3.63) is 52.3 Å². The summed E-state index contributed by atoms with van der Waals surface area (Å²) in [5, 5.41) is 8.06. The molecule has 1 aliphatic carbocycles. The van der Waals surface area contributed by atoms with Crippen LogP contribution in [0.15, 0.2) is 28.8 Å². The molecule has 1 unspecified atom stereocenters. The fraction of sp³-hybridized carbons (Fsp3) is 0.381. The molecule has 0 bridgehead atoms. The van der Waals surface area contributed by atoms with Gasteiger partial charge in [-0.25, -0.2) is 4.98 Å². The Labute approximate surface area is 170 Å². The zero-order chi connectivity index (χ0) is 19.1. The molecule has 4 rings (SSSR count). The summed E-state index contributed by atoms with van der Waals surface area (Å²) < 4.78 is 5.39. The van der Waals surface area contributed by atoms with E-state index in [1.807, 2.05) is 45.0 Å². The molecule has 0 radical (unpaired) electrons. The number of pyridine rings is 1. The molecule has 6 nitrogen and oxygen atoms in total. The third-order valence-electron chi connectivity index (χ3n) is 5.18. The highest BCUT2D eigenvalue weighted by Crippen LogP contribution is 2.32. The van der Waals surface area contributed by atoms with Gasteiger partial charge in [0.25, 0.3) is 11.6 Å². The summed E-state index contributed by atoms with van der Waals surface area (Å²) in [6, 6.07) is 7.73. The zero-order valence-corrected chi connectivity index (χ0v) is 17.1. The molecule has 0 fully saturated rings.